The van der Waals surface area contributed by atoms with Crippen LogP contribution >= 0.6 is 31.9 Å². The van der Waals surface area contributed by atoms with E-state index in [2.05, 4.69) is 37.2 Å². The summed E-state index contributed by atoms with van der Waals surface area (Å²) in [6.07, 6.45) is -3.21. The first-order chi connectivity index (χ1) is 17.7. The van der Waals surface area contributed by atoms with Crippen molar-refractivity contribution in [2.75, 3.05) is 5.32 Å². The molecule has 0 saturated heterocycles. The first-order valence-corrected chi connectivity index (χ1v) is 12.4. The van der Waals surface area contributed by atoms with Gasteiger partial charge in [0.2, 0.25) is 0 Å². The fourth-order valence-electron chi connectivity index (χ4n) is 3.66. The molecule has 9 heteroatoms. The number of nitrogens with zero attached hydrogens (tertiary/aromatic N) is 1. The van der Waals surface area contributed by atoms with Crippen LogP contribution in [0.5, 0.6) is 5.75 Å². The van der Waals surface area contributed by atoms with Crippen LogP contribution in [0.3, 0.4) is 0 Å². The van der Waals surface area contributed by atoms with E-state index in [1.165, 1.54) is 18.2 Å². The van der Waals surface area contributed by atoms with Gasteiger partial charge in [0.1, 0.15) is 24.0 Å². The summed E-state index contributed by atoms with van der Waals surface area (Å²) in [4.78, 5) is 12.6. The van der Waals surface area contributed by atoms with Gasteiger partial charge >= 0.3 is 6.18 Å². The van der Waals surface area contributed by atoms with Crippen LogP contribution in [0.25, 0.3) is 16.8 Å². The average Bonchev–Trinajstić information content (AvgIpc) is 2.86. The molecule has 0 fully saturated rings. The van der Waals surface area contributed by atoms with Crippen molar-refractivity contribution in [3.8, 4) is 11.8 Å². The summed E-state index contributed by atoms with van der Waals surface area (Å²) in [5.41, 5.74) is 0.270. The molecule has 0 aliphatic rings. The van der Waals surface area contributed by atoms with Crippen LogP contribution in [-0.4, -0.2) is 5.91 Å². The Morgan fingerprint density at radius 2 is 1.65 bits per heavy atom. The highest BCUT2D eigenvalue weighted by Crippen LogP contribution is 2.36. The Balaban J connectivity index is 1.52. The Kier molecular flexibility index (Phi) is 8.00. The van der Waals surface area contributed by atoms with Gasteiger partial charge in [0.15, 0.2) is 0 Å². The molecule has 0 heterocycles. The van der Waals surface area contributed by atoms with E-state index in [4.69, 9.17) is 4.74 Å². The number of carbonyl (C=O) groups is 1. The van der Waals surface area contributed by atoms with Gasteiger partial charge < -0.3 is 10.1 Å². The van der Waals surface area contributed by atoms with Crippen LogP contribution in [0.15, 0.2) is 93.4 Å². The van der Waals surface area contributed by atoms with Gasteiger partial charge in [0, 0.05) is 5.69 Å². The third-order valence-electron chi connectivity index (χ3n) is 5.40. The highest BCUT2D eigenvalue weighted by Gasteiger charge is 2.30. The number of benzene rings is 4. The van der Waals surface area contributed by atoms with E-state index in [1.807, 2.05) is 42.5 Å². The second kappa shape index (κ2) is 11.2. The van der Waals surface area contributed by atoms with Crippen molar-refractivity contribution in [3.63, 3.8) is 0 Å². The number of ether oxygens (including phenoxy) is 1. The number of alkyl halides is 3. The summed E-state index contributed by atoms with van der Waals surface area (Å²) in [6.45, 7) is 0.316. The van der Waals surface area contributed by atoms with E-state index in [-0.39, 0.29) is 11.3 Å². The minimum Gasteiger partial charge on any atom is -0.487 e. The van der Waals surface area contributed by atoms with Crippen LogP contribution < -0.4 is 10.1 Å². The highest BCUT2D eigenvalue weighted by atomic mass is 79.9. The molecular weight excluding hydrogens is 613 g/mol. The molecule has 0 unspecified atom stereocenters. The first kappa shape index (κ1) is 26.5. The van der Waals surface area contributed by atoms with Gasteiger partial charge in [-0.2, -0.15) is 18.4 Å². The number of amides is 1. The number of hydrogen-bond donors (Lipinski definition) is 1. The lowest BCUT2D eigenvalue weighted by atomic mass is 10.1. The fourth-order valence-corrected chi connectivity index (χ4v) is 5.11. The summed E-state index contributed by atoms with van der Waals surface area (Å²) in [6, 6.07) is 23.3. The third kappa shape index (κ3) is 6.40. The quantitative estimate of drug-likeness (QED) is 0.172. The van der Waals surface area contributed by atoms with E-state index in [0.717, 1.165) is 28.5 Å². The zero-order chi connectivity index (χ0) is 26.6. The molecule has 4 aromatic rings. The number of carbonyl (C=O) groups excluding carboxylic acids is 1. The number of nitrogens with one attached hydrogen (secondary N) is 1. The fraction of sp³-hybridized carbons (Fsp3) is 0.0714. The predicted octanol–water partition coefficient (Wildman–Crippen LogP) is 8.51. The van der Waals surface area contributed by atoms with Crippen molar-refractivity contribution in [2.24, 2.45) is 0 Å². The van der Waals surface area contributed by atoms with Crippen molar-refractivity contribution in [3.05, 3.63) is 110 Å². The van der Waals surface area contributed by atoms with E-state index in [0.29, 0.717) is 26.9 Å². The Hall–Kier alpha value is -3.61. The van der Waals surface area contributed by atoms with E-state index in [9.17, 15) is 23.2 Å². The lowest BCUT2D eigenvalue weighted by molar-refractivity contribution is -0.137. The summed E-state index contributed by atoms with van der Waals surface area (Å²) in [5.74, 6) is -0.289. The maximum absolute atomic E-state index is 13.0. The monoisotopic (exact) mass is 628 g/mol. The van der Waals surface area contributed by atoms with Crippen molar-refractivity contribution >= 4 is 60.3 Å². The molecule has 0 atom stereocenters. The number of halogens is 5. The van der Waals surface area contributed by atoms with Gasteiger partial charge in [0.25, 0.3) is 5.91 Å². The molecule has 4 aromatic carbocycles. The lowest BCUT2D eigenvalue weighted by Gasteiger charge is -2.13. The number of fused-ring (bicyclic) bond motifs is 1. The van der Waals surface area contributed by atoms with E-state index < -0.39 is 17.6 Å². The number of rotatable bonds is 6. The normalized spacial score (nSPS) is 11.7. The Morgan fingerprint density at radius 3 is 2.35 bits per heavy atom. The largest absolute Gasteiger partial charge is 0.487 e. The lowest BCUT2D eigenvalue weighted by Crippen LogP contribution is -2.14. The molecule has 186 valence electrons. The minimum atomic E-state index is -4.55. The van der Waals surface area contributed by atoms with Gasteiger partial charge in [-0.1, -0.05) is 48.5 Å². The minimum absolute atomic E-state index is 0.0690. The zero-order valence-electron chi connectivity index (χ0n) is 18.9. The third-order valence-corrected chi connectivity index (χ3v) is 6.57. The van der Waals surface area contributed by atoms with E-state index in [1.54, 1.807) is 18.2 Å². The number of hydrogen-bond acceptors (Lipinski definition) is 3. The van der Waals surface area contributed by atoms with Gasteiger partial charge in [-0.25, -0.2) is 0 Å². The SMILES string of the molecule is N#C/C(=C\c1cc(Br)c(OCc2cccc3ccccc23)c(Br)c1)C(=O)Nc1cccc(C(F)(F)F)c1. The summed E-state index contributed by atoms with van der Waals surface area (Å²) < 4.78 is 46.1. The topological polar surface area (TPSA) is 62.1 Å². The van der Waals surface area contributed by atoms with Crippen LogP contribution in [-0.2, 0) is 17.6 Å². The van der Waals surface area contributed by atoms with Crippen molar-refractivity contribution in [2.45, 2.75) is 12.8 Å². The van der Waals surface area contributed by atoms with Crippen molar-refractivity contribution < 1.29 is 22.7 Å². The maximum atomic E-state index is 13.0. The number of nitriles is 1. The molecule has 0 spiro atoms. The molecular formula is C28H17Br2F3N2O2. The number of anilines is 1. The molecule has 4 nitrogen and oxygen atoms in total. The van der Waals surface area contributed by atoms with Crippen LogP contribution in [0.2, 0.25) is 0 Å². The van der Waals surface area contributed by atoms with Crippen molar-refractivity contribution in [1.29, 1.82) is 5.26 Å². The maximum Gasteiger partial charge on any atom is 0.416 e. The molecule has 37 heavy (non-hydrogen) atoms. The van der Waals surface area contributed by atoms with Crippen LogP contribution in [0.1, 0.15) is 16.7 Å². The molecule has 0 aliphatic carbocycles. The van der Waals surface area contributed by atoms with Crippen molar-refractivity contribution in [1.82, 2.24) is 0 Å². The van der Waals surface area contributed by atoms with Gasteiger partial charge in [-0.15, -0.1) is 0 Å². The van der Waals surface area contributed by atoms with Gasteiger partial charge in [-0.3, -0.25) is 4.79 Å². The first-order valence-electron chi connectivity index (χ1n) is 10.8. The second-order valence-corrected chi connectivity index (χ2v) is 9.65. The molecule has 0 aliphatic heterocycles. The van der Waals surface area contributed by atoms with Crippen LogP contribution in [0, 0.1) is 11.3 Å². The Morgan fingerprint density at radius 1 is 0.973 bits per heavy atom. The predicted molar refractivity (Wildman–Crippen MR) is 144 cm³/mol. The van der Waals surface area contributed by atoms with Gasteiger partial charge in [-0.05, 0) is 90.2 Å². The summed E-state index contributed by atoms with van der Waals surface area (Å²) in [5, 5.41) is 14.0. The zero-order valence-corrected chi connectivity index (χ0v) is 22.1. The second-order valence-electron chi connectivity index (χ2n) is 7.94. The molecule has 1 amide bonds. The van der Waals surface area contributed by atoms with E-state index >= 15 is 0 Å². The molecule has 0 radical (unpaired) electrons. The molecule has 4 rings (SSSR count). The average molecular weight is 630 g/mol. The molecule has 0 aromatic heterocycles. The summed E-state index contributed by atoms with van der Waals surface area (Å²) >= 11 is 6.95. The standard InChI is InChI=1S/C28H17Br2F3N2O2/c29-24-12-17(11-20(15-34)27(36)35-22-9-4-8-21(14-22)28(31,32)33)13-25(30)26(24)37-16-19-7-3-6-18-5-1-2-10-23(18)19/h1-14H,16H2,(H,35,36)/b20-11+. The molecule has 1 N–H and O–H groups in total. The highest BCUT2D eigenvalue weighted by molar-refractivity contribution is 9.11. The molecule has 0 bridgehead atoms. The summed E-state index contributed by atoms with van der Waals surface area (Å²) in [7, 11) is 0. The molecule has 0 saturated carbocycles. The Bertz CT molecular complexity index is 1530. The van der Waals surface area contributed by atoms with Gasteiger partial charge in [0.05, 0.1) is 14.5 Å². The Labute approximate surface area is 227 Å². The van der Waals surface area contributed by atoms with Crippen LogP contribution in [0.4, 0.5) is 18.9 Å². The smallest absolute Gasteiger partial charge is 0.416 e.